The quantitative estimate of drug-likeness (QED) is 0.123. The molecule has 0 unspecified atom stereocenters. The van der Waals surface area contributed by atoms with Crippen LogP contribution in [0, 0.1) is 12.1 Å². The van der Waals surface area contributed by atoms with Crippen LogP contribution >= 0.6 is 11.3 Å². The van der Waals surface area contributed by atoms with Crippen molar-refractivity contribution in [1.82, 2.24) is 9.97 Å². The minimum Gasteiger partial charge on any atom is 0 e. The van der Waals surface area contributed by atoms with Crippen molar-refractivity contribution in [3.63, 3.8) is 0 Å². The van der Waals surface area contributed by atoms with Gasteiger partial charge in [0.05, 0.1) is 0 Å². The molecule has 1 radical (unpaired) electrons. The van der Waals surface area contributed by atoms with Gasteiger partial charge in [-0.05, 0) is 45.3 Å². The van der Waals surface area contributed by atoms with Crippen LogP contribution in [0.5, 0.6) is 0 Å². The molecule has 0 saturated heterocycles. The van der Waals surface area contributed by atoms with Crippen LogP contribution in [-0.4, -0.2) is 23.2 Å². The third-order valence-corrected chi connectivity index (χ3v) is 14.1. The van der Waals surface area contributed by atoms with Crippen LogP contribution in [0.4, 0.5) is 0 Å². The Labute approximate surface area is 306 Å². The largest absolute Gasteiger partial charge is 0 e. The summed E-state index contributed by atoms with van der Waals surface area (Å²) in [7, 11) is 0. The number of fused-ring (bicyclic) bond motifs is 3. The van der Waals surface area contributed by atoms with Gasteiger partial charge in [0.1, 0.15) is 0 Å². The summed E-state index contributed by atoms with van der Waals surface area (Å²) in [5.74, 6) is 8.12. The minimum atomic E-state index is -1.72. The summed E-state index contributed by atoms with van der Waals surface area (Å²) in [4.78, 5) is 9.27. The second-order valence-corrected chi connectivity index (χ2v) is 25.5. The first-order valence-electron chi connectivity index (χ1n) is 16.5. The summed E-state index contributed by atoms with van der Waals surface area (Å²) < 4.78 is 4.05. The molecule has 0 amide bonds. The van der Waals surface area contributed by atoms with E-state index in [4.69, 9.17) is 4.98 Å². The van der Waals surface area contributed by atoms with Gasteiger partial charge in [-0.3, -0.25) is 0 Å². The van der Waals surface area contributed by atoms with Crippen LogP contribution in [-0.2, 0) is 20.1 Å². The Morgan fingerprint density at radius 3 is 2.08 bits per heavy atom. The fraction of sp³-hybridized carbons (Fsp3) is 0.209. The van der Waals surface area contributed by atoms with E-state index in [1.54, 1.807) is 0 Å². The van der Waals surface area contributed by atoms with Crippen molar-refractivity contribution in [2.24, 2.45) is 0 Å². The maximum Gasteiger partial charge on any atom is 0 e. The van der Waals surface area contributed by atoms with E-state index in [1.165, 1.54) is 46.8 Å². The number of nitrogens with zero attached hydrogens (tertiary/aromatic N) is 2. The maximum absolute atomic E-state index is 4.74. The molecule has 0 N–H and O–H groups in total. The van der Waals surface area contributed by atoms with Gasteiger partial charge in [0, 0.05) is 31.0 Å². The SMILES string of the molecule is CC(C)c1ccnc(-c2[c-]cc(-c3ccccc3)c3c2sc2cc(C(C)C)ccc23)c1.[CH3][Ge]([CH3])([CH3])[c]1ccc(-c2[c-]cccc2)nc1.[Ir]. The van der Waals surface area contributed by atoms with E-state index in [9.17, 15) is 0 Å². The summed E-state index contributed by atoms with van der Waals surface area (Å²) in [5, 5.41) is 2.63. The molecule has 0 aliphatic rings. The van der Waals surface area contributed by atoms with E-state index in [-0.39, 0.29) is 20.1 Å². The second kappa shape index (κ2) is 15.4. The molecule has 3 heterocycles. The zero-order valence-electron chi connectivity index (χ0n) is 28.8. The normalized spacial score (nSPS) is 11.4. The standard InChI is InChI=1S/C29H26NS.C14H16GeN.Ir/c1-18(2)21-10-11-25-27(17-21)31-29-24(26-16-22(19(3)4)14-15-30-26)13-12-23(28(25)29)20-8-6-5-7-9-20;1-15(2,3)13-9-10-14(16-11-13)12-7-5-4-6-8-12;/h5-12,14-19H,1-4H3;4-7,9-11H,1-3H3;/q2*-1;. The number of pyridine rings is 2. The Hall–Kier alpha value is -3.41. The average molecular weight is 884 g/mol. The van der Waals surface area contributed by atoms with Gasteiger partial charge in [-0.2, -0.15) is 11.3 Å². The molecule has 3 aromatic heterocycles. The van der Waals surface area contributed by atoms with Crippen molar-refractivity contribution in [3.05, 3.63) is 139 Å². The second-order valence-electron chi connectivity index (χ2n) is 13.7. The molecule has 0 aliphatic carbocycles. The molecular formula is C43H42GeIrN2S-2. The van der Waals surface area contributed by atoms with Crippen molar-refractivity contribution in [2.75, 3.05) is 0 Å². The van der Waals surface area contributed by atoms with Gasteiger partial charge in [0.15, 0.2) is 0 Å². The fourth-order valence-electron chi connectivity index (χ4n) is 5.73. The van der Waals surface area contributed by atoms with E-state index in [2.05, 4.69) is 141 Å². The molecule has 0 bridgehead atoms. The number of rotatable bonds is 6. The molecule has 5 heteroatoms. The molecule has 7 rings (SSSR count). The van der Waals surface area contributed by atoms with Crippen molar-refractivity contribution >= 4 is 49.2 Å². The summed E-state index contributed by atoms with van der Waals surface area (Å²) in [6.07, 6.45) is 3.97. The first-order valence-corrected chi connectivity index (χ1v) is 24.6. The molecule has 4 aromatic carbocycles. The van der Waals surface area contributed by atoms with Gasteiger partial charge in [-0.25, -0.2) is 0 Å². The smallest absolute Gasteiger partial charge is 0 e. The number of hydrogen-bond acceptors (Lipinski definition) is 3. The van der Waals surface area contributed by atoms with Crippen molar-refractivity contribution in [3.8, 4) is 33.6 Å². The third-order valence-electron chi connectivity index (χ3n) is 8.64. The molecule has 0 saturated carbocycles. The van der Waals surface area contributed by atoms with E-state index in [0.29, 0.717) is 11.8 Å². The predicted molar refractivity (Wildman–Crippen MR) is 207 cm³/mol. The summed E-state index contributed by atoms with van der Waals surface area (Å²) >= 11 is 0.151. The van der Waals surface area contributed by atoms with Gasteiger partial charge in [-0.1, -0.05) is 98.3 Å². The maximum atomic E-state index is 4.74. The van der Waals surface area contributed by atoms with Crippen LogP contribution in [0.2, 0.25) is 17.3 Å². The number of thiophene rings is 1. The molecule has 2 nitrogen and oxygen atoms in total. The molecular weight excluding hydrogens is 841 g/mol. The van der Waals surface area contributed by atoms with Crippen LogP contribution < -0.4 is 4.40 Å². The van der Waals surface area contributed by atoms with Crippen LogP contribution in [0.1, 0.15) is 50.7 Å². The molecule has 0 fully saturated rings. The van der Waals surface area contributed by atoms with Gasteiger partial charge in [-0.15, -0.1) is 17.7 Å². The average Bonchev–Trinajstić information content (AvgIpc) is 3.48. The van der Waals surface area contributed by atoms with E-state index in [0.717, 1.165) is 22.5 Å². The number of aromatic nitrogens is 2. The fourth-order valence-corrected chi connectivity index (χ4v) is 9.18. The molecule has 0 spiro atoms. The van der Waals surface area contributed by atoms with Crippen molar-refractivity contribution in [2.45, 2.75) is 56.8 Å². The Morgan fingerprint density at radius 2 is 1.44 bits per heavy atom. The Bertz CT molecular complexity index is 2110. The number of hydrogen-bond donors (Lipinski definition) is 0. The molecule has 245 valence electrons. The summed E-state index contributed by atoms with van der Waals surface area (Å²) in [6.45, 7) is 8.96. The van der Waals surface area contributed by atoms with Crippen LogP contribution in [0.15, 0.2) is 116 Å². The zero-order chi connectivity index (χ0) is 33.1. The summed E-state index contributed by atoms with van der Waals surface area (Å²) in [6, 6.07) is 43.2. The van der Waals surface area contributed by atoms with Crippen LogP contribution in [0.3, 0.4) is 0 Å². The predicted octanol–water partition coefficient (Wildman–Crippen LogP) is 11.9. The van der Waals surface area contributed by atoms with Gasteiger partial charge in [0.2, 0.25) is 0 Å². The molecule has 0 atom stereocenters. The van der Waals surface area contributed by atoms with Crippen molar-refractivity contribution < 1.29 is 20.1 Å². The van der Waals surface area contributed by atoms with E-state index < -0.39 is 13.3 Å². The molecule has 0 aliphatic heterocycles. The van der Waals surface area contributed by atoms with E-state index in [1.807, 2.05) is 48.0 Å². The van der Waals surface area contributed by atoms with Crippen molar-refractivity contribution in [1.29, 1.82) is 0 Å². The Morgan fingerprint density at radius 1 is 0.708 bits per heavy atom. The van der Waals surface area contributed by atoms with Crippen LogP contribution in [0.25, 0.3) is 53.8 Å². The summed E-state index contributed by atoms with van der Waals surface area (Å²) in [5.41, 5.74) is 9.34. The van der Waals surface area contributed by atoms with Gasteiger partial charge >= 0.3 is 99.8 Å². The molecule has 7 aromatic rings. The topological polar surface area (TPSA) is 25.8 Å². The zero-order valence-corrected chi connectivity index (χ0v) is 34.1. The molecule has 48 heavy (non-hydrogen) atoms. The van der Waals surface area contributed by atoms with E-state index >= 15 is 0 Å². The first-order chi connectivity index (χ1) is 22.6. The Balaban J connectivity index is 0.000000224. The first kappa shape index (κ1) is 35.9. The van der Waals surface area contributed by atoms with Gasteiger partial charge < -0.3 is 4.98 Å². The Kier molecular flexibility index (Phi) is 11.5. The van der Waals surface area contributed by atoms with Gasteiger partial charge in [0.25, 0.3) is 0 Å². The number of benzene rings is 4. The monoisotopic (exact) mass is 885 g/mol. The minimum absolute atomic E-state index is 0. The third kappa shape index (κ3) is 7.90.